The van der Waals surface area contributed by atoms with E-state index < -0.39 is 10.0 Å². The first kappa shape index (κ1) is 24.2. The third-order valence-electron chi connectivity index (χ3n) is 6.74. The monoisotopic (exact) mass is 481 g/mol. The molecule has 2 aliphatic rings. The van der Waals surface area contributed by atoms with Crippen LogP contribution in [0.1, 0.15) is 39.9 Å². The Hall–Kier alpha value is -2.97. The van der Waals surface area contributed by atoms with E-state index in [1.807, 2.05) is 26.0 Å². The van der Waals surface area contributed by atoms with Crippen LogP contribution in [0.5, 0.6) is 0 Å². The Morgan fingerprint density at radius 2 is 1.62 bits per heavy atom. The number of rotatable bonds is 7. The highest BCUT2D eigenvalue weighted by Gasteiger charge is 2.45. The maximum atomic E-state index is 13.2. The third kappa shape index (κ3) is 5.23. The van der Waals surface area contributed by atoms with Gasteiger partial charge in [-0.1, -0.05) is 35.9 Å². The molecule has 1 aliphatic heterocycles. The number of amides is 2. The average Bonchev–Trinajstić information content (AvgIpc) is 3.36. The second-order valence-corrected chi connectivity index (χ2v) is 11.4. The molecule has 1 saturated heterocycles. The van der Waals surface area contributed by atoms with E-state index in [-0.39, 0.29) is 34.6 Å². The molecule has 2 aromatic rings. The van der Waals surface area contributed by atoms with Gasteiger partial charge in [0, 0.05) is 31.2 Å². The minimum Gasteiger partial charge on any atom is -0.350 e. The number of fused-ring (bicyclic) bond motifs is 1. The van der Waals surface area contributed by atoms with Crippen molar-refractivity contribution in [1.29, 1.82) is 0 Å². The first-order chi connectivity index (χ1) is 16.2. The lowest BCUT2D eigenvalue weighted by Crippen LogP contribution is -2.35. The van der Waals surface area contributed by atoms with Gasteiger partial charge in [-0.25, -0.2) is 8.42 Å². The van der Waals surface area contributed by atoms with Gasteiger partial charge < -0.3 is 10.6 Å². The Balaban J connectivity index is 1.35. The normalized spacial score (nSPS) is 22.2. The number of nitrogens with one attached hydrogen (secondary N) is 2. The average molecular weight is 482 g/mol. The van der Waals surface area contributed by atoms with Gasteiger partial charge in [-0.2, -0.15) is 4.31 Å². The van der Waals surface area contributed by atoms with Gasteiger partial charge in [0.05, 0.1) is 4.90 Å². The summed E-state index contributed by atoms with van der Waals surface area (Å²) in [5, 5.41) is 5.82. The van der Waals surface area contributed by atoms with Crippen molar-refractivity contribution in [2.45, 2.75) is 44.2 Å². The van der Waals surface area contributed by atoms with Crippen LogP contribution in [-0.2, 0) is 21.4 Å². The van der Waals surface area contributed by atoms with Crippen LogP contribution < -0.4 is 10.6 Å². The van der Waals surface area contributed by atoms with Crippen LogP contribution in [0.2, 0.25) is 0 Å². The molecule has 4 rings (SSSR count). The summed E-state index contributed by atoms with van der Waals surface area (Å²) in [6.07, 6.45) is 2.81. The first-order valence-corrected chi connectivity index (χ1v) is 13.0. The molecule has 2 N–H and O–H groups in total. The molecule has 1 aliphatic carbocycles. The summed E-state index contributed by atoms with van der Waals surface area (Å²) in [5.74, 6) is 0.0411. The standard InChI is InChI=1S/C26H31N3O4S/c1-4-25(30)28-23-12-21-15-29(16-22(21)13-23)34(32,33)24-7-5-20(6-8-24)26(31)27-14-19-10-17(2)9-18(3)11-19/h4-11,21-23H,1,12-16H2,2-3H3,(H,27,31)(H,28,30). The quantitative estimate of drug-likeness (QED) is 0.595. The van der Waals surface area contributed by atoms with Crippen molar-refractivity contribution in [1.82, 2.24) is 14.9 Å². The zero-order valence-electron chi connectivity index (χ0n) is 19.6. The van der Waals surface area contributed by atoms with Gasteiger partial charge in [0.2, 0.25) is 15.9 Å². The summed E-state index contributed by atoms with van der Waals surface area (Å²) in [6, 6.07) is 12.3. The smallest absolute Gasteiger partial charge is 0.251 e. The van der Waals surface area contributed by atoms with Crippen LogP contribution in [0.3, 0.4) is 0 Å². The summed E-state index contributed by atoms with van der Waals surface area (Å²) < 4.78 is 27.9. The number of nitrogens with zero attached hydrogens (tertiary/aromatic N) is 1. The van der Waals surface area contributed by atoms with Crippen LogP contribution in [0.25, 0.3) is 0 Å². The van der Waals surface area contributed by atoms with Crippen molar-refractivity contribution < 1.29 is 18.0 Å². The number of benzene rings is 2. The number of aryl methyl sites for hydroxylation is 2. The molecule has 2 amide bonds. The minimum atomic E-state index is -3.64. The van der Waals surface area contributed by atoms with Gasteiger partial charge in [0.25, 0.3) is 5.91 Å². The lowest BCUT2D eigenvalue weighted by Gasteiger charge is -2.19. The van der Waals surface area contributed by atoms with Crippen LogP contribution in [0, 0.1) is 25.7 Å². The van der Waals surface area contributed by atoms with Crippen molar-refractivity contribution in [2.75, 3.05) is 13.1 Å². The number of sulfonamides is 1. The molecule has 1 saturated carbocycles. The van der Waals surface area contributed by atoms with Crippen molar-refractivity contribution in [3.63, 3.8) is 0 Å². The highest BCUT2D eigenvalue weighted by Crippen LogP contribution is 2.40. The van der Waals surface area contributed by atoms with E-state index in [2.05, 4.69) is 23.3 Å². The fourth-order valence-corrected chi connectivity index (χ4v) is 6.77. The zero-order valence-corrected chi connectivity index (χ0v) is 20.4. The van der Waals surface area contributed by atoms with E-state index >= 15 is 0 Å². The summed E-state index contributed by atoms with van der Waals surface area (Å²) in [7, 11) is -3.64. The molecule has 7 nitrogen and oxygen atoms in total. The summed E-state index contributed by atoms with van der Waals surface area (Å²) in [5.41, 5.74) is 3.72. The van der Waals surface area contributed by atoms with E-state index in [0.717, 1.165) is 29.5 Å². The van der Waals surface area contributed by atoms with Crippen molar-refractivity contribution >= 4 is 21.8 Å². The predicted molar refractivity (Wildman–Crippen MR) is 131 cm³/mol. The molecule has 2 atom stereocenters. The molecule has 8 heteroatoms. The fraction of sp³-hybridized carbons (Fsp3) is 0.385. The molecular formula is C26H31N3O4S. The van der Waals surface area contributed by atoms with E-state index in [0.29, 0.717) is 25.2 Å². The molecule has 180 valence electrons. The Bertz CT molecular complexity index is 1170. The van der Waals surface area contributed by atoms with Crippen LogP contribution in [0.4, 0.5) is 0 Å². The zero-order chi connectivity index (χ0) is 24.5. The minimum absolute atomic E-state index is 0.0758. The lowest BCUT2D eigenvalue weighted by atomic mass is 10.0. The van der Waals surface area contributed by atoms with E-state index in [1.54, 1.807) is 12.1 Å². The molecular weight excluding hydrogens is 450 g/mol. The highest BCUT2D eigenvalue weighted by molar-refractivity contribution is 7.89. The molecule has 2 unspecified atom stereocenters. The number of hydrogen-bond donors (Lipinski definition) is 2. The van der Waals surface area contributed by atoms with Gasteiger partial charge in [-0.15, -0.1) is 0 Å². The predicted octanol–water partition coefficient (Wildman–Crippen LogP) is 2.93. The second-order valence-electron chi connectivity index (χ2n) is 9.43. The lowest BCUT2D eigenvalue weighted by molar-refractivity contribution is -0.117. The maximum Gasteiger partial charge on any atom is 0.251 e. The van der Waals surface area contributed by atoms with Crippen molar-refractivity contribution in [3.05, 3.63) is 77.4 Å². The van der Waals surface area contributed by atoms with Gasteiger partial charge in [-0.3, -0.25) is 9.59 Å². The van der Waals surface area contributed by atoms with Gasteiger partial charge in [-0.05, 0) is 74.4 Å². The molecule has 1 heterocycles. The molecule has 0 radical (unpaired) electrons. The summed E-state index contributed by atoms with van der Waals surface area (Å²) in [6.45, 7) is 8.82. The van der Waals surface area contributed by atoms with E-state index in [1.165, 1.54) is 22.5 Å². The summed E-state index contributed by atoms with van der Waals surface area (Å²) in [4.78, 5) is 24.3. The Morgan fingerprint density at radius 1 is 1.03 bits per heavy atom. The number of hydrogen-bond acceptors (Lipinski definition) is 4. The molecule has 2 aromatic carbocycles. The van der Waals surface area contributed by atoms with Crippen LogP contribution in [-0.4, -0.2) is 43.7 Å². The van der Waals surface area contributed by atoms with Crippen LogP contribution in [0.15, 0.2) is 60.0 Å². The SMILES string of the molecule is C=CC(=O)NC1CC2CN(S(=O)(=O)c3ccc(C(=O)NCc4cc(C)cc(C)c4)cc3)CC2C1. The Kier molecular flexibility index (Phi) is 6.91. The highest BCUT2D eigenvalue weighted by atomic mass is 32.2. The van der Waals surface area contributed by atoms with Gasteiger partial charge in [0.15, 0.2) is 0 Å². The second kappa shape index (κ2) is 9.72. The molecule has 34 heavy (non-hydrogen) atoms. The van der Waals surface area contributed by atoms with Crippen molar-refractivity contribution in [3.8, 4) is 0 Å². The third-order valence-corrected chi connectivity index (χ3v) is 8.58. The van der Waals surface area contributed by atoms with Crippen molar-refractivity contribution in [2.24, 2.45) is 11.8 Å². The van der Waals surface area contributed by atoms with E-state index in [9.17, 15) is 18.0 Å². The molecule has 2 fully saturated rings. The van der Waals surface area contributed by atoms with Gasteiger partial charge in [0.1, 0.15) is 0 Å². The van der Waals surface area contributed by atoms with Crippen LogP contribution >= 0.6 is 0 Å². The molecule has 0 bridgehead atoms. The number of carbonyl (C=O) groups is 2. The topological polar surface area (TPSA) is 95.6 Å². The number of carbonyl (C=O) groups excluding carboxylic acids is 2. The Morgan fingerprint density at radius 3 is 2.18 bits per heavy atom. The molecule has 0 aromatic heterocycles. The fourth-order valence-electron chi connectivity index (χ4n) is 5.21. The molecule has 0 spiro atoms. The maximum absolute atomic E-state index is 13.2. The first-order valence-electron chi connectivity index (χ1n) is 11.5. The summed E-state index contributed by atoms with van der Waals surface area (Å²) >= 11 is 0. The Labute approximate surface area is 201 Å². The van der Waals surface area contributed by atoms with Gasteiger partial charge >= 0.3 is 0 Å². The van der Waals surface area contributed by atoms with E-state index in [4.69, 9.17) is 0 Å². The largest absolute Gasteiger partial charge is 0.350 e.